The lowest BCUT2D eigenvalue weighted by atomic mass is 10.3. The molecule has 1 aromatic rings. The fraction of sp³-hybridized carbons (Fsp3) is 0.467. The fourth-order valence-corrected chi connectivity index (χ4v) is 1.61. The molecule has 0 fully saturated rings. The van der Waals surface area contributed by atoms with Crippen LogP contribution >= 0.6 is 0 Å². The van der Waals surface area contributed by atoms with E-state index in [0.29, 0.717) is 18.9 Å². The van der Waals surface area contributed by atoms with Crippen LogP contribution in [0.15, 0.2) is 24.3 Å². The van der Waals surface area contributed by atoms with Crippen LogP contribution in [0.1, 0.15) is 19.8 Å². The number of benzene rings is 1. The molecule has 0 bridgehead atoms. The Labute approximate surface area is 123 Å². The average Bonchev–Trinajstić information content (AvgIpc) is 2.45. The highest BCUT2D eigenvalue weighted by molar-refractivity contribution is 5.81. The van der Waals surface area contributed by atoms with Crippen LogP contribution in [0, 0.1) is 5.82 Å². The molecule has 0 unspecified atom stereocenters. The molecule has 0 saturated carbocycles. The number of hydrogen-bond acceptors (Lipinski definition) is 4. The molecular weight excluding hydrogens is 277 g/mol. The van der Waals surface area contributed by atoms with E-state index in [1.807, 2.05) is 0 Å². The average molecular weight is 297 g/mol. The molecular formula is C15H20FNO4. The van der Waals surface area contributed by atoms with Crippen LogP contribution in [0.2, 0.25) is 0 Å². The first-order valence-electron chi connectivity index (χ1n) is 6.81. The Morgan fingerprint density at radius 1 is 1.29 bits per heavy atom. The summed E-state index contributed by atoms with van der Waals surface area (Å²) in [5, 5.41) is 0. The predicted molar refractivity (Wildman–Crippen MR) is 75.4 cm³/mol. The van der Waals surface area contributed by atoms with Gasteiger partial charge in [-0.1, -0.05) is 6.07 Å². The van der Waals surface area contributed by atoms with Crippen molar-refractivity contribution in [1.82, 2.24) is 4.90 Å². The van der Waals surface area contributed by atoms with Gasteiger partial charge in [0.2, 0.25) is 5.91 Å². The zero-order chi connectivity index (χ0) is 15.7. The second-order valence-corrected chi connectivity index (χ2v) is 4.43. The van der Waals surface area contributed by atoms with E-state index in [0.717, 1.165) is 0 Å². The number of carbonyl (C=O) groups excluding carboxylic acids is 2. The summed E-state index contributed by atoms with van der Waals surface area (Å²) in [7, 11) is 1.63. The van der Waals surface area contributed by atoms with Crippen molar-refractivity contribution in [2.45, 2.75) is 19.8 Å². The molecule has 0 atom stereocenters. The van der Waals surface area contributed by atoms with Crippen LogP contribution in [0.3, 0.4) is 0 Å². The van der Waals surface area contributed by atoms with Crippen molar-refractivity contribution in [3.05, 3.63) is 30.1 Å². The van der Waals surface area contributed by atoms with Crippen LogP contribution in [-0.2, 0) is 14.3 Å². The van der Waals surface area contributed by atoms with Gasteiger partial charge >= 0.3 is 5.97 Å². The number of hydrogen-bond donors (Lipinski definition) is 0. The van der Waals surface area contributed by atoms with Gasteiger partial charge in [-0.05, 0) is 19.1 Å². The van der Waals surface area contributed by atoms with Crippen LogP contribution < -0.4 is 4.74 Å². The lowest BCUT2D eigenvalue weighted by molar-refractivity contribution is -0.145. The van der Waals surface area contributed by atoms with Gasteiger partial charge in [-0.25, -0.2) is 4.39 Å². The van der Waals surface area contributed by atoms with Gasteiger partial charge in [0.05, 0.1) is 19.6 Å². The monoisotopic (exact) mass is 297 g/mol. The summed E-state index contributed by atoms with van der Waals surface area (Å²) in [6.07, 6.45) is 0.178. The van der Waals surface area contributed by atoms with Gasteiger partial charge < -0.3 is 14.4 Å². The lowest BCUT2D eigenvalue weighted by Gasteiger charge is -2.17. The molecule has 1 aromatic carbocycles. The van der Waals surface area contributed by atoms with Crippen molar-refractivity contribution < 1.29 is 23.5 Å². The molecule has 0 aliphatic heterocycles. The topological polar surface area (TPSA) is 55.8 Å². The number of ether oxygens (including phenoxy) is 2. The number of nitrogens with zero attached hydrogens (tertiary/aromatic N) is 1. The first-order chi connectivity index (χ1) is 10.0. The van der Waals surface area contributed by atoms with Crippen molar-refractivity contribution in [2.75, 3.05) is 26.8 Å². The van der Waals surface area contributed by atoms with Crippen molar-refractivity contribution in [3.63, 3.8) is 0 Å². The van der Waals surface area contributed by atoms with Gasteiger partial charge in [0.25, 0.3) is 0 Å². The maximum atomic E-state index is 12.9. The van der Waals surface area contributed by atoms with Crippen LogP contribution in [-0.4, -0.2) is 43.6 Å². The Morgan fingerprint density at radius 2 is 2.05 bits per heavy atom. The zero-order valence-corrected chi connectivity index (χ0v) is 12.3. The van der Waals surface area contributed by atoms with E-state index in [2.05, 4.69) is 0 Å². The van der Waals surface area contributed by atoms with E-state index in [9.17, 15) is 14.0 Å². The van der Waals surface area contributed by atoms with Gasteiger partial charge in [0.1, 0.15) is 18.2 Å². The molecule has 5 nitrogen and oxygen atoms in total. The summed E-state index contributed by atoms with van der Waals surface area (Å²) in [5.74, 6) is -0.491. The molecule has 1 amide bonds. The molecule has 116 valence electrons. The van der Waals surface area contributed by atoms with Gasteiger partial charge in [-0.15, -0.1) is 0 Å². The maximum Gasteiger partial charge on any atom is 0.306 e. The number of rotatable bonds is 8. The third-order valence-electron chi connectivity index (χ3n) is 2.77. The SMILES string of the molecule is CCOC(=O)CCC(=O)N(C)CCOc1cccc(F)c1. The minimum atomic E-state index is -0.379. The smallest absolute Gasteiger partial charge is 0.306 e. The molecule has 0 spiro atoms. The lowest BCUT2D eigenvalue weighted by Crippen LogP contribution is -2.31. The Morgan fingerprint density at radius 3 is 2.71 bits per heavy atom. The molecule has 0 aliphatic rings. The van der Waals surface area contributed by atoms with Gasteiger partial charge in [-0.3, -0.25) is 9.59 Å². The second-order valence-electron chi connectivity index (χ2n) is 4.43. The molecule has 1 rings (SSSR count). The van der Waals surface area contributed by atoms with Crippen molar-refractivity contribution in [3.8, 4) is 5.75 Å². The van der Waals surface area contributed by atoms with E-state index in [1.165, 1.54) is 17.0 Å². The molecule has 6 heteroatoms. The Kier molecular flexibility index (Phi) is 7.21. The first-order valence-corrected chi connectivity index (χ1v) is 6.81. The number of carbonyl (C=O) groups is 2. The van der Waals surface area contributed by atoms with E-state index in [-0.39, 0.29) is 37.1 Å². The molecule has 0 heterocycles. The number of amides is 1. The van der Waals surface area contributed by atoms with Crippen molar-refractivity contribution in [1.29, 1.82) is 0 Å². The molecule has 0 saturated heterocycles. The Hall–Kier alpha value is -2.11. The Balaban J connectivity index is 2.25. The van der Waals surface area contributed by atoms with Gasteiger partial charge in [0.15, 0.2) is 0 Å². The zero-order valence-electron chi connectivity index (χ0n) is 12.3. The highest BCUT2D eigenvalue weighted by atomic mass is 19.1. The van der Waals surface area contributed by atoms with Crippen LogP contribution in [0.4, 0.5) is 4.39 Å². The fourth-order valence-electron chi connectivity index (χ4n) is 1.61. The molecule has 21 heavy (non-hydrogen) atoms. The van der Waals surface area contributed by atoms with Gasteiger partial charge in [-0.2, -0.15) is 0 Å². The number of halogens is 1. The van der Waals surface area contributed by atoms with E-state index < -0.39 is 0 Å². The second kappa shape index (κ2) is 8.94. The van der Waals surface area contributed by atoms with Gasteiger partial charge in [0, 0.05) is 19.5 Å². The molecule has 0 aromatic heterocycles. The van der Waals surface area contributed by atoms with E-state index in [4.69, 9.17) is 9.47 Å². The predicted octanol–water partition coefficient (Wildman–Crippen LogP) is 2.01. The van der Waals surface area contributed by atoms with Crippen LogP contribution in [0.5, 0.6) is 5.75 Å². The summed E-state index contributed by atoms with van der Waals surface area (Å²) in [5.41, 5.74) is 0. The first kappa shape index (κ1) is 16.9. The highest BCUT2D eigenvalue weighted by Gasteiger charge is 2.11. The summed E-state index contributed by atoms with van der Waals surface area (Å²) >= 11 is 0. The Bertz CT molecular complexity index is 478. The standard InChI is InChI=1S/C15H20FNO4/c1-3-20-15(19)8-7-14(18)17(2)9-10-21-13-6-4-5-12(16)11-13/h4-6,11H,3,7-10H2,1-2H3. The molecule has 0 N–H and O–H groups in total. The summed E-state index contributed by atoms with van der Waals surface area (Å²) in [6, 6.07) is 5.81. The third-order valence-corrected chi connectivity index (χ3v) is 2.77. The van der Waals surface area contributed by atoms with E-state index in [1.54, 1.807) is 26.1 Å². The van der Waals surface area contributed by atoms with Crippen molar-refractivity contribution in [2.24, 2.45) is 0 Å². The third kappa shape index (κ3) is 6.74. The highest BCUT2D eigenvalue weighted by Crippen LogP contribution is 2.11. The summed E-state index contributed by atoms with van der Waals surface area (Å²) < 4.78 is 23.0. The number of likely N-dealkylation sites (N-methyl/N-ethyl adjacent to an activating group) is 1. The molecule has 0 aliphatic carbocycles. The summed E-state index contributed by atoms with van der Waals surface area (Å²) in [4.78, 5) is 24.4. The minimum Gasteiger partial charge on any atom is -0.492 e. The minimum absolute atomic E-state index is 0.0712. The molecule has 0 radical (unpaired) electrons. The quantitative estimate of drug-likeness (QED) is 0.689. The maximum absolute atomic E-state index is 12.9. The normalized spacial score (nSPS) is 10.0. The van der Waals surface area contributed by atoms with Crippen LogP contribution in [0.25, 0.3) is 0 Å². The van der Waals surface area contributed by atoms with E-state index >= 15 is 0 Å². The largest absolute Gasteiger partial charge is 0.492 e. The van der Waals surface area contributed by atoms with Crippen molar-refractivity contribution >= 4 is 11.9 Å². The number of esters is 1. The summed E-state index contributed by atoms with van der Waals surface area (Å²) in [6.45, 7) is 2.64.